The second-order valence-electron chi connectivity index (χ2n) is 3.77. The van der Waals surface area contributed by atoms with Crippen molar-refractivity contribution >= 4 is 11.3 Å². The molecule has 1 aromatic rings. The molecule has 0 unspecified atom stereocenters. The van der Waals surface area contributed by atoms with Crippen LogP contribution in [0.2, 0.25) is 0 Å². The van der Waals surface area contributed by atoms with E-state index in [4.69, 9.17) is 0 Å². The molecular weight excluding hydrogens is 202 g/mol. The first-order valence-corrected chi connectivity index (χ1v) is 6.70. The van der Waals surface area contributed by atoms with Crippen LogP contribution in [0.1, 0.15) is 31.2 Å². The van der Waals surface area contributed by atoms with E-state index in [1.54, 1.807) is 11.3 Å². The Morgan fingerprint density at radius 1 is 1.27 bits per heavy atom. The van der Waals surface area contributed by atoms with Gasteiger partial charge in [-0.3, -0.25) is 0 Å². The van der Waals surface area contributed by atoms with Gasteiger partial charge in [-0.25, -0.2) is 0 Å². The highest BCUT2D eigenvalue weighted by Gasteiger charge is 1.92. The van der Waals surface area contributed by atoms with Crippen LogP contribution in [0.15, 0.2) is 29.5 Å². The smallest absolute Gasteiger partial charge is 0.000806 e. The van der Waals surface area contributed by atoms with Gasteiger partial charge in [-0.05, 0) is 61.2 Å². The Kier molecular flexibility index (Phi) is 7.22. The Morgan fingerprint density at radius 2 is 2.20 bits per heavy atom. The SMILES string of the molecule is C=CCCCCCNCCc1ccsc1. The van der Waals surface area contributed by atoms with E-state index in [0.29, 0.717) is 0 Å². The van der Waals surface area contributed by atoms with Crippen LogP contribution in [0, 0.1) is 0 Å². The zero-order valence-electron chi connectivity index (χ0n) is 9.37. The second-order valence-corrected chi connectivity index (χ2v) is 4.55. The van der Waals surface area contributed by atoms with Gasteiger partial charge in [0.15, 0.2) is 0 Å². The van der Waals surface area contributed by atoms with Gasteiger partial charge in [0, 0.05) is 0 Å². The standard InChI is InChI=1S/C13H21NS/c1-2-3-4-5-6-9-14-10-7-13-8-11-15-12-13/h2,8,11-12,14H,1,3-7,9-10H2. The molecule has 1 N–H and O–H groups in total. The molecular formula is C13H21NS. The van der Waals surface area contributed by atoms with Crippen molar-refractivity contribution < 1.29 is 0 Å². The Labute approximate surface area is 97.2 Å². The number of unbranched alkanes of at least 4 members (excludes halogenated alkanes) is 3. The van der Waals surface area contributed by atoms with Gasteiger partial charge in [0.05, 0.1) is 0 Å². The summed E-state index contributed by atoms with van der Waals surface area (Å²) < 4.78 is 0. The lowest BCUT2D eigenvalue weighted by Crippen LogP contribution is -2.18. The third-order valence-electron chi connectivity index (χ3n) is 2.43. The fourth-order valence-electron chi connectivity index (χ4n) is 1.51. The van der Waals surface area contributed by atoms with Crippen LogP contribution in [0.5, 0.6) is 0 Å². The number of nitrogens with one attached hydrogen (secondary N) is 1. The van der Waals surface area contributed by atoms with Gasteiger partial charge < -0.3 is 5.32 Å². The highest BCUT2D eigenvalue weighted by atomic mass is 32.1. The van der Waals surface area contributed by atoms with Gasteiger partial charge in [0.1, 0.15) is 0 Å². The maximum absolute atomic E-state index is 3.72. The largest absolute Gasteiger partial charge is 0.316 e. The quantitative estimate of drug-likeness (QED) is 0.498. The Morgan fingerprint density at radius 3 is 2.93 bits per heavy atom. The molecule has 0 saturated heterocycles. The molecule has 0 aliphatic rings. The van der Waals surface area contributed by atoms with Crippen molar-refractivity contribution in [2.45, 2.75) is 32.1 Å². The number of thiophene rings is 1. The Hall–Kier alpha value is -0.600. The van der Waals surface area contributed by atoms with E-state index in [1.165, 1.54) is 24.8 Å². The lowest BCUT2D eigenvalue weighted by atomic mass is 10.2. The van der Waals surface area contributed by atoms with Crippen molar-refractivity contribution in [3.63, 3.8) is 0 Å². The molecule has 0 atom stereocenters. The third kappa shape index (κ3) is 6.47. The molecule has 0 spiro atoms. The van der Waals surface area contributed by atoms with Crippen molar-refractivity contribution in [1.29, 1.82) is 0 Å². The molecule has 15 heavy (non-hydrogen) atoms. The monoisotopic (exact) mass is 223 g/mol. The van der Waals surface area contributed by atoms with Gasteiger partial charge in [-0.1, -0.05) is 12.5 Å². The molecule has 1 nitrogen and oxygen atoms in total. The summed E-state index contributed by atoms with van der Waals surface area (Å²) in [5.74, 6) is 0. The van der Waals surface area contributed by atoms with Crippen molar-refractivity contribution in [1.82, 2.24) is 5.32 Å². The highest BCUT2D eigenvalue weighted by molar-refractivity contribution is 7.07. The Bertz CT molecular complexity index is 241. The summed E-state index contributed by atoms with van der Waals surface area (Å²) in [5.41, 5.74) is 1.46. The van der Waals surface area contributed by atoms with E-state index >= 15 is 0 Å². The van der Waals surface area contributed by atoms with Gasteiger partial charge in [0.25, 0.3) is 0 Å². The normalized spacial score (nSPS) is 10.4. The van der Waals surface area contributed by atoms with Crippen molar-refractivity contribution in [3.8, 4) is 0 Å². The molecule has 0 aliphatic carbocycles. The van der Waals surface area contributed by atoms with Crippen LogP contribution < -0.4 is 5.32 Å². The van der Waals surface area contributed by atoms with E-state index in [9.17, 15) is 0 Å². The molecule has 1 aromatic heterocycles. The van der Waals surface area contributed by atoms with E-state index in [-0.39, 0.29) is 0 Å². The van der Waals surface area contributed by atoms with Crippen molar-refractivity contribution in [2.75, 3.05) is 13.1 Å². The summed E-state index contributed by atoms with van der Waals surface area (Å²) in [7, 11) is 0. The average molecular weight is 223 g/mol. The predicted molar refractivity (Wildman–Crippen MR) is 69.6 cm³/mol. The van der Waals surface area contributed by atoms with Gasteiger partial charge in [-0.15, -0.1) is 6.58 Å². The lowest BCUT2D eigenvalue weighted by molar-refractivity contribution is 0.606. The zero-order valence-corrected chi connectivity index (χ0v) is 10.2. The summed E-state index contributed by atoms with van der Waals surface area (Å²) >= 11 is 1.78. The van der Waals surface area contributed by atoms with Gasteiger partial charge in [-0.2, -0.15) is 11.3 Å². The third-order valence-corrected chi connectivity index (χ3v) is 3.16. The maximum atomic E-state index is 3.72. The molecule has 84 valence electrons. The fraction of sp³-hybridized carbons (Fsp3) is 0.538. The molecule has 0 saturated carbocycles. The van der Waals surface area contributed by atoms with E-state index < -0.39 is 0 Å². The average Bonchev–Trinajstić information content (AvgIpc) is 2.75. The van der Waals surface area contributed by atoms with Crippen LogP contribution in [-0.4, -0.2) is 13.1 Å². The molecule has 0 aromatic carbocycles. The first-order valence-electron chi connectivity index (χ1n) is 5.76. The van der Waals surface area contributed by atoms with Crippen LogP contribution >= 0.6 is 11.3 Å². The summed E-state index contributed by atoms with van der Waals surface area (Å²) in [6.07, 6.45) is 8.22. The maximum Gasteiger partial charge on any atom is -0.000806 e. The summed E-state index contributed by atoms with van der Waals surface area (Å²) in [6, 6.07) is 2.20. The van der Waals surface area contributed by atoms with Crippen molar-refractivity contribution in [3.05, 3.63) is 35.0 Å². The molecule has 1 heterocycles. The summed E-state index contributed by atoms with van der Waals surface area (Å²) in [5, 5.41) is 7.85. The van der Waals surface area contributed by atoms with Gasteiger partial charge >= 0.3 is 0 Å². The minimum Gasteiger partial charge on any atom is -0.316 e. The van der Waals surface area contributed by atoms with E-state index in [2.05, 4.69) is 28.7 Å². The first kappa shape index (κ1) is 12.5. The number of hydrogen-bond acceptors (Lipinski definition) is 2. The highest BCUT2D eigenvalue weighted by Crippen LogP contribution is 2.05. The summed E-state index contributed by atoms with van der Waals surface area (Å²) in [6.45, 7) is 5.99. The zero-order chi connectivity index (χ0) is 10.8. The molecule has 0 fully saturated rings. The Balaban J connectivity index is 1.83. The lowest BCUT2D eigenvalue weighted by Gasteiger charge is -2.03. The predicted octanol–water partition coefficient (Wildman–Crippen LogP) is 3.63. The minimum atomic E-state index is 1.11. The summed E-state index contributed by atoms with van der Waals surface area (Å²) in [4.78, 5) is 0. The minimum absolute atomic E-state index is 1.11. The molecule has 0 bridgehead atoms. The second kappa shape index (κ2) is 8.69. The van der Waals surface area contributed by atoms with E-state index in [0.717, 1.165) is 25.9 Å². The van der Waals surface area contributed by atoms with Crippen molar-refractivity contribution in [2.24, 2.45) is 0 Å². The van der Waals surface area contributed by atoms with Crippen LogP contribution in [0.3, 0.4) is 0 Å². The molecule has 0 amide bonds. The first-order chi connectivity index (χ1) is 7.43. The topological polar surface area (TPSA) is 12.0 Å². The number of allylic oxidation sites excluding steroid dienone is 1. The molecule has 0 aliphatic heterocycles. The molecule has 2 heteroatoms. The van der Waals surface area contributed by atoms with Crippen LogP contribution in [0.25, 0.3) is 0 Å². The van der Waals surface area contributed by atoms with Crippen LogP contribution in [0.4, 0.5) is 0 Å². The number of hydrogen-bond donors (Lipinski definition) is 1. The molecule has 1 rings (SSSR count). The van der Waals surface area contributed by atoms with Crippen LogP contribution in [-0.2, 0) is 6.42 Å². The fourth-order valence-corrected chi connectivity index (χ4v) is 2.21. The van der Waals surface area contributed by atoms with E-state index in [1.807, 2.05) is 6.08 Å². The molecule has 0 radical (unpaired) electrons. The number of rotatable bonds is 9. The van der Waals surface area contributed by atoms with Gasteiger partial charge in [0.2, 0.25) is 0 Å².